The van der Waals surface area contributed by atoms with Gasteiger partial charge in [0, 0.05) is 12.6 Å². The van der Waals surface area contributed by atoms with Crippen LogP contribution in [0, 0.1) is 0 Å². The Labute approximate surface area is 93.7 Å². The smallest absolute Gasteiger partial charge is 0.333 e. The van der Waals surface area contributed by atoms with E-state index in [4.69, 9.17) is 5.84 Å². The summed E-state index contributed by atoms with van der Waals surface area (Å²) in [4.78, 5) is 5.10. The van der Waals surface area contributed by atoms with E-state index in [0.717, 1.165) is 4.90 Å². The first-order valence-electron chi connectivity index (χ1n) is 5.16. The summed E-state index contributed by atoms with van der Waals surface area (Å²) in [5, 5.41) is 0. The van der Waals surface area contributed by atoms with Crippen molar-refractivity contribution in [3.8, 4) is 0 Å². The second-order valence-electron chi connectivity index (χ2n) is 3.73. The molecule has 0 rings (SSSR count). The fourth-order valence-corrected chi connectivity index (χ4v) is 1.20. The Bertz CT molecular complexity index is 225. The van der Waals surface area contributed by atoms with Gasteiger partial charge in [0.15, 0.2) is 0 Å². The van der Waals surface area contributed by atoms with Crippen molar-refractivity contribution in [3.05, 3.63) is 0 Å². The Morgan fingerprint density at radius 2 is 2.00 bits per heavy atom. The highest BCUT2D eigenvalue weighted by atomic mass is 19.4. The monoisotopic (exact) mass is 240 g/mol. The van der Waals surface area contributed by atoms with Gasteiger partial charge in [0.05, 0.1) is 0 Å². The van der Waals surface area contributed by atoms with Gasteiger partial charge in [0.2, 0.25) is 5.96 Å². The number of alkyl halides is 3. The summed E-state index contributed by atoms with van der Waals surface area (Å²) in [5.74, 6) is 5.26. The summed E-state index contributed by atoms with van der Waals surface area (Å²) in [6.07, 6.45) is -3.67. The van der Waals surface area contributed by atoms with Gasteiger partial charge >= 0.3 is 6.18 Å². The lowest BCUT2D eigenvalue weighted by molar-refractivity contribution is -0.138. The number of nitrogens with zero attached hydrogens (tertiary/aromatic N) is 2. The van der Waals surface area contributed by atoms with Gasteiger partial charge < -0.3 is 4.90 Å². The highest BCUT2D eigenvalue weighted by Gasteiger charge is 2.31. The molecule has 3 N–H and O–H groups in total. The average molecular weight is 240 g/mol. The van der Waals surface area contributed by atoms with Crippen LogP contribution in [-0.4, -0.2) is 36.2 Å². The Morgan fingerprint density at radius 1 is 1.44 bits per heavy atom. The maximum absolute atomic E-state index is 12.3. The Hall–Kier alpha value is -0.980. The van der Waals surface area contributed by atoms with Gasteiger partial charge in [-0.15, -0.1) is 0 Å². The predicted molar refractivity (Wildman–Crippen MR) is 57.8 cm³/mol. The highest BCUT2D eigenvalue weighted by molar-refractivity contribution is 5.79. The van der Waals surface area contributed by atoms with Crippen LogP contribution in [0.15, 0.2) is 4.99 Å². The molecule has 0 radical (unpaired) electrons. The van der Waals surface area contributed by atoms with E-state index in [1.54, 1.807) is 20.8 Å². The van der Waals surface area contributed by atoms with Gasteiger partial charge in [0.25, 0.3) is 0 Å². The van der Waals surface area contributed by atoms with Crippen LogP contribution in [0.4, 0.5) is 13.2 Å². The molecule has 0 amide bonds. The van der Waals surface area contributed by atoms with Crippen LogP contribution in [0.2, 0.25) is 0 Å². The highest BCUT2D eigenvalue weighted by Crippen LogP contribution is 2.16. The van der Waals surface area contributed by atoms with Crippen LogP contribution < -0.4 is 11.3 Å². The number of guanidine groups is 1. The third kappa shape index (κ3) is 6.49. The molecule has 0 fully saturated rings. The summed E-state index contributed by atoms with van der Waals surface area (Å²) in [6.45, 7) is 4.56. The first-order valence-corrected chi connectivity index (χ1v) is 5.16. The van der Waals surface area contributed by atoms with E-state index >= 15 is 0 Å². The summed E-state index contributed by atoms with van der Waals surface area (Å²) < 4.78 is 36.9. The van der Waals surface area contributed by atoms with Crippen LogP contribution >= 0.6 is 0 Å². The molecule has 4 nitrogen and oxygen atoms in total. The Balaban J connectivity index is 4.72. The van der Waals surface area contributed by atoms with Crippen LogP contribution in [0.1, 0.15) is 27.2 Å². The van der Waals surface area contributed by atoms with Gasteiger partial charge in [-0.25, -0.2) is 10.8 Å². The van der Waals surface area contributed by atoms with Gasteiger partial charge in [-0.1, -0.05) is 6.92 Å². The van der Waals surface area contributed by atoms with E-state index in [-0.39, 0.29) is 18.5 Å². The number of hydrogen-bond donors (Lipinski definition) is 2. The minimum atomic E-state index is -4.26. The minimum absolute atomic E-state index is 0.0779. The fourth-order valence-electron chi connectivity index (χ4n) is 1.20. The molecule has 0 unspecified atom stereocenters. The number of hydrazine groups is 1. The molecule has 0 aromatic carbocycles. The zero-order valence-electron chi connectivity index (χ0n) is 9.80. The Kier molecular flexibility index (Phi) is 6.17. The van der Waals surface area contributed by atoms with Crippen molar-refractivity contribution < 1.29 is 13.2 Å². The van der Waals surface area contributed by atoms with E-state index < -0.39 is 12.7 Å². The molecule has 0 atom stereocenters. The molecule has 0 aromatic heterocycles. The third-order valence-electron chi connectivity index (χ3n) is 1.67. The summed E-state index contributed by atoms with van der Waals surface area (Å²) in [5.41, 5.74) is 2.22. The topological polar surface area (TPSA) is 53.6 Å². The largest absolute Gasteiger partial charge is 0.406 e. The van der Waals surface area contributed by atoms with Crippen molar-refractivity contribution in [1.82, 2.24) is 10.3 Å². The van der Waals surface area contributed by atoms with Crippen LogP contribution in [-0.2, 0) is 0 Å². The Morgan fingerprint density at radius 3 is 2.31 bits per heavy atom. The molecule has 16 heavy (non-hydrogen) atoms. The van der Waals surface area contributed by atoms with E-state index in [2.05, 4.69) is 10.4 Å². The first kappa shape index (κ1) is 15.0. The lowest BCUT2D eigenvalue weighted by atomic mass is 10.4. The number of rotatable bonds is 4. The molecule has 0 bridgehead atoms. The molecule has 0 saturated carbocycles. The summed E-state index contributed by atoms with van der Waals surface area (Å²) in [7, 11) is 0. The molecule has 0 heterocycles. The zero-order chi connectivity index (χ0) is 12.8. The molecule has 0 saturated heterocycles. The maximum Gasteiger partial charge on any atom is 0.406 e. The molecule has 7 heteroatoms. The zero-order valence-corrected chi connectivity index (χ0v) is 9.80. The minimum Gasteiger partial charge on any atom is -0.333 e. The standard InChI is InChI=1S/C9H19F3N4/c1-4-5-16(6-9(10,11)12)8(15-13)14-7(2)3/h7H,4-6,13H2,1-3H3,(H,14,15). The number of halogens is 3. The van der Waals surface area contributed by atoms with Crippen LogP contribution in [0.3, 0.4) is 0 Å². The van der Waals surface area contributed by atoms with Crippen molar-refractivity contribution in [3.63, 3.8) is 0 Å². The normalized spacial score (nSPS) is 13.1. The number of nitrogens with one attached hydrogen (secondary N) is 1. The van der Waals surface area contributed by atoms with Crippen molar-refractivity contribution >= 4 is 5.96 Å². The van der Waals surface area contributed by atoms with E-state index in [9.17, 15) is 13.2 Å². The van der Waals surface area contributed by atoms with Crippen molar-refractivity contribution in [2.24, 2.45) is 10.8 Å². The predicted octanol–water partition coefficient (Wildman–Crippen LogP) is 1.49. The molecule has 0 aliphatic heterocycles. The molecule has 96 valence electrons. The van der Waals surface area contributed by atoms with E-state index in [1.165, 1.54) is 0 Å². The molecule has 0 spiro atoms. The van der Waals surface area contributed by atoms with Gasteiger partial charge in [-0.3, -0.25) is 5.43 Å². The number of hydrogen-bond acceptors (Lipinski definition) is 2. The van der Waals surface area contributed by atoms with Gasteiger partial charge in [-0.2, -0.15) is 13.2 Å². The van der Waals surface area contributed by atoms with E-state index in [0.29, 0.717) is 6.42 Å². The molecule has 0 aliphatic carbocycles. The SMILES string of the molecule is CCCN(CC(F)(F)F)C(=NC(C)C)NN. The van der Waals surface area contributed by atoms with Crippen LogP contribution in [0.25, 0.3) is 0 Å². The van der Waals surface area contributed by atoms with Crippen LogP contribution in [0.5, 0.6) is 0 Å². The summed E-state index contributed by atoms with van der Waals surface area (Å²) >= 11 is 0. The second-order valence-corrected chi connectivity index (χ2v) is 3.73. The quantitative estimate of drug-likeness (QED) is 0.339. The van der Waals surface area contributed by atoms with Crippen molar-refractivity contribution in [2.75, 3.05) is 13.1 Å². The number of nitrogens with two attached hydrogens (primary N) is 1. The van der Waals surface area contributed by atoms with E-state index in [1.807, 2.05) is 0 Å². The first-order chi connectivity index (χ1) is 7.30. The molecular formula is C9H19F3N4. The molecular weight excluding hydrogens is 221 g/mol. The van der Waals surface area contributed by atoms with Crippen molar-refractivity contribution in [1.29, 1.82) is 0 Å². The van der Waals surface area contributed by atoms with Crippen molar-refractivity contribution in [2.45, 2.75) is 39.4 Å². The lowest BCUT2D eigenvalue weighted by Crippen LogP contribution is -2.49. The average Bonchev–Trinajstić information content (AvgIpc) is 2.11. The maximum atomic E-state index is 12.3. The summed E-state index contributed by atoms with van der Waals surface area (Å²) in [6, 6.07) is -0.112. The molecule has 0 aromatic rings. The number of aliphatic imine (C=N–C) groups is 1. The second kappa shape index (κ2) is 6.57. The van der Waals surface area contributed by atoms with Gasteiger partial charge in [-0.05, 0) is 20.3 Å². The third-order valence-corrected chi connectivity index (χ3v) is 1.67. The fraction of sp³-hybridized carbons (Fsp3) is 0.889. The van der Waals surface area contributed by atoms with Gasteiger partial charge in [0.1, 0.15) is 6.54 Å². The lowest BCUT2D eigenvalue weighted by Gasteiger charge is -2.26. The molecule has 0 aliphatic rings.